The molecule has 19 heavy (non-hydrogen) atoms. The largest absolute Gasteiger partial charge is 0.438 e. The molecule has 100 valence electrons. The lowest BCUT2D eigenvalue weighted by atomic mass is 10.1. The van der Waals surface area contributed by atoms with Crippen molar-refractivity contribution in [3.05, 3.63) is 51.6 Å². The van der Waals surface area contributed by atoms with E-state index in [0.29, 0.717) is 30.4 Å². The zero-order valence-corrected chi connectivity index (χ0v) is 11.1. The molecule has 3 N–H and O–H groups in total. The molecule has 2 rings (SSSR count). The fourth-order valence-electron chi connectivity index (χ4n) is 1.70. The molecular formula is C14H17N3O2. The zero-order chi connectivity index (χ0) is 13.8. The second kappa shape index (κ2) is 5.67. The van der Waals surface area contributed by atoms with Crippen molar-refractivity contribution in [3.63, 3.8) is 0 Å². The van der Waals surface area contributed by atoms with E-state index in [2.05, 4.69) is 9.97 Å². The van der Waals surface area contributed by atoms with E-state index in [0.717, 1.165) is 11.1 Å². The molecule has 0 fully saturated rings. The maximum atomic E-state index is 11.5. The highest BCUT2D eigenvalue weighted by Crippen LogP contribution is 2.24. The van der Waals surface area contributed by atoms with Crippen molar-refractivity contribution in [3.8, 4) is 11.6 Å². The van der Waals surface area contributed by atoms with Crippen molar-refractivity contribution in [2.24, 2.45) is 5.73 Å². The summed E-state index contributed by atoms with van der Waals surface area (Å²) in [4.78, 5) is 18.4. The van der Waals surface area contributed by atoms with Crippen LogP contribution in [0.1, 0.15) is 23.9 Å². The van der Waals surface area contributed by atoms with E-state index in [1.54, 1.807) is 0 Å². The van der Waals surface area contributed by atoms with Crippen molar-refractivity contribution in [2.75, 3.05) is 0 Å². The van der Waals surface area contributed by atoms with Crippen LogP contribution in [0, 0.1) is 6.92 Å². The van der Waals surface area contributed by atoms with E-state index in [4.69, 9.17) is 10.5 Å². The molecule has 0 aliphatic heterocycles. The summed E-state index contributed by atoms with van der Waals surface area (Å²) in [7, 11) is 0. The number of rotatable bonds is 4. The first-order valence-electron chi connectivity index (χ1n) is 6.20. The number of aromatic nitrogens is 2. The van der Waals surface area contributed by atoms with Gasteiger partial charge < -0.3 is 15.5 Å². The first-order valence-corrected chi connectivity index (χ1v) is 6.20. The van der Waals surface area contributed by atoms with Crippen LogP contribution in [0.4, 0.5) is 0 Å². The normalized spacial score (nSPS) is 10.5. The quantitative estimate of drug-likeness (QED) is 0.878. The van der Waals surface area contributed by atoms with Gasteiger partial charge in [0.15, 0.2) is 0 Å². The number of nitrogens with one attached hydrogen (secondary N) is 1. The van der Waals surface area contributed by atoms with E-state index in [9.17, 15) is 4.79 Å². The van der Waals surface area contributed by atoms with Gasteiger partial charge in [-0.2, -0.15) is 4.98 Å². The molecule has 0 aliphatic carbocycles. The highest BCUT2D eigenvalue weighted by atomic mass is 16.5. The van der Waals surface area contributed by atoms with E-state index in [1.165, 1.54) is 6.07 Å². The highest BCUT2D eigenvalue weighted by molar-refractivity contribution is 5.38. The Labute approximate surface area is 111 Å². The van der Waals surface area contributed by atoms with E-state index in [-0.39, 0.29) is 5.56 Å². The van der Waals surface area contributed by atoms with Crippen LogP contribution < -0.4 is 16.0 Å². The molecule has 1 aromatic carbocycles. The lowest BCUT2D eigenvalue weighted by Gasteiger charge is -2.09. The lowest BCUT2D eigenvalue weighted by molar-refractivity contribution is 0.453. The van der Waals surface area contributed by atoms with Crippen molar-refractivity contribution >= 4 is 0 Å². The standard InChI is InChI=1S/C14H17N3O2/c1-3-12-16-13(18)7-14(17-12)19-11-6-10(8-15)5-4-9(11)2/h4-7H,3,8,15H2,1-2H3,(H,16,17,18). The topological polar surface area (TPSA) is 81.0 Å². The third kappa shape index (κ3) is 3.20. The van der Waals surface area contributed by atoms with Crippen molar-refractivity contribution in [2.45, 2.75) is 26.8 Å². The summed E-state index contributed by atoms with van der Waals surface area (Å²) in [6, 6.07) is 7.09. The first kappa shape index (κ1) is 13.3. The Hall–Kier alpha value is -2.14. The van der Waals surface area contributed by atoms with Gasteiger partial charge in [0.2, 0.25) is 5.88 Å². The minimum Gasteiger partial charge on any atom is -0.438 e. The number of H-pyrrole nitrogens is 1. The van der Waals surface area contributed by atoms with Crippen molar-refractivity contribution < 1.29 is 4.74 Å². The number of aromatic amines is 1. The van der Waals surface area contributed by atoms with Crippen LogP contribution in [0.15, 0.2) is 29.1 Å². The van der Waals surface area contributed by atoms with Crippen LogP contribution >= 0.6 is 0 Å². The van der Waals surface area contributed by atoms with Crippen molar-refractivity contribution in [1.82, 2.24) is 9.97 Å². The molecule has 0 saturated carbocycles. The molecule has 0 unspecified atom stereocenters. The smallest absolute Gasteiger partial charge is 0.254 e. The van der Waals surface area contributed by atoms with Crippen LogP contribution in [0.3, 0.4) is 0 Å². The summed E-state index contributed by atoms with van der Waals surface area (Å²) in [5, 5.41) is 0. The van der Waals surface area contributed by atoms with Gasteiger partial charge in [0.25, 0.3) is 5.56 Å². The third-order valence-electron chi connectivity index (χ3n) is 2.80. The number of hydrogen-bond acceptors (Lipinski definition) is 4. The average molecular weight is 259 g/mol. The fraction of sp³-hybridized carbons (Fsp3) is 0.286. The number of hydrogen-bond donors (Lipinski definition) is 2. The number of nitrogens with zero attached hydrogens (tertiary/aromatic N) is 1. The predicted molar refractivity (Wildman–Crippen MR) is 73.4 cm³/mol. The number of aryl methyl sites for hydroxylation is 2. The molecule has 0 spiro atoms. The highest BCUT2D eigenvalue weighted by Gasteiger charge is 2.06. The Kier molecular flexibility index (Phi) is 3.97. The molecule has 2 aromatic rings. The second-order valence-corrected chi connectivity index (χ2v) is 4.29. The lowest BCUT2D eigenvalue weighted by Crippen LogP contribution is -2.10. The van der Waals surface area contributed by atoms with Gasteiger partial charge in [-0.25, -0.2) is 0 Å². The summed E-state index contributed by atoms with van der Waals surface area (Å²) in [6.07, 6.45) is 0.647. The van der Waals surface area contributed by atoms with Gasteiger partial charge in [0.05, 0.1) is 6.07 Å². The van der Waals surface area contributed by atoms with Crippen LogP contribution in [0.25, 0.3) is 0 Å². The van der Waals surface area contributed by atoms with Gasteiger partial charge in [-0.1, -0.05) is 19.1 Å². The summed E-state index contributed by atoms with van der Waals surface area (Å²) in [6.45, 7) is 4.30. The van der Waals surface area contributed by atoms with Crippen LogP contribution in [-0.4, -0.2) is 9.97 Å². The van der Waals surface area contributed by atoms with Gasteiger partial charge in [-0.05, 0) is 24.1 Å². The van der Waals surface area contributed by atoms with Crippen molar-refractivity contribution in [1.29, 1.82) is 0 Å². The molecule has 5 nitrogen and oxygen atoms in total. The SMILES string of the molecule is CCc1nc(Oc2cc(CN)ccc2C)cc(=O)[nH]1. The maximum absolute atomic E-state index is 11.5. The number of nitrogens with two attached hydrogens (primary N) is 1. The molecule has 5 heteroatoms. The molecule has 0 aliphatic rings. The molecular weight excluding hydrogens is 242 g/mol. The van der Waals surface area contributed by atoms with E-state index in [1.807, 2.05) is 32.0 Å². The fourth-order valence-corrected chi connectivity index (χ4v) is 1.70. The maximum Gasteiger partial charge on any atom is 0.254 e. The summed E-state index contributed by atoms with van der Waals surface area (Å²) >= 11 is 0. The molecule has 1 heterocycles. The van der Waals surface area contributed by atoms with E-state index < -0.39 is 0 Å². The Morgan fingerprint density at radius 3 is 2.84 bits per heavy atom. The Bertz CT molecular complexity index is 635. The zero-order valence-electron chi connectivity index (χ0n) is 11.1. The Balaban J connectivity index is 2.35. The number of ether oxygens (including phenoxy) is 1. The van der Waals surface area contributed by atoms with Crippen LogP contribution in [0.5, 0.6) is 11.6 Å². The minimum absolute atomic E-state index is 0.213. The summed E-state index contributed by atoms with van der Waals surface area (Å²) in [5.74, 6) is 1.58. The molecule has 0 radical (unpaired) electrons. The third-order valence-corrected chi connectivity index (χ3v) is 2.80. The Morgan fingerprint density at radius 2 is 2.16 bits per heavy atom. The van der Waals surface area contributed by atoms with Crippen LogP contribution in [-0.2, 0) is 13.0 Å². The minimum atomic E-state index is -0.213. The first-order chi connectivity index (χ1) is 9.12. The second-order valence-electron chi connectivity index (χ2n) is 4.29. The van der Waals surface area contributed by atoms with Crippen LogP contribution in [0.2, 0.25) is 0 Å². The van der Waals surface area contributed by atoms with Gasteiger partial charge in [0.1, 0.15) is 11.6 Å². The number of benzene rings is 1. The molecule has 0 bridgehead atoms. The Morgan fingerprint density at radius 1 is 1.37 bits per heavy atom. The predicted octanol–water partition coefficient (Wildman–Crippen LogP) is 1.89. The summed E-state index contributed by atoms with van der Waals surface area (Å²) in [5.41, 5.74) is 7.34. The monoisotopic (exact) mass is 259 g/mol. The molecule has 0 amide bonds. The molecule has 1 aromatic heterocycles. The van der Waals surface area contributed by atoms with Gasteiger partial charge in [-0.15, -0.1) is 0 Å². The summed E-state index contributed by atoms with van der Waals surface area (Å²) < 4.78 is 5.69. The van der Waals surface area contributed by atoms with E-state index >= 15 is 0 Å². The van der Waals surface area contributed by atoms with Gasteiger partial charge in [-0.3, -0.25) is 4.79 Å². The van der Waals surface area contributed by atoms with Gasteiger partial charge in [0, 0.05) is 13.0 Å². The molecule has 0 saturated heterocycles. The molecule has 0 atom stereocenters. The van der Waals surface area contributed by atoms with Gasteiger partial charge >= 0.3 is 0 Å². The average Bonchev–Trinajstić information content (AvgIpc) is 2.40.